The van der Waals surface area contributed by atoms with Crippen LogP contribution in [0, 0.1) is 0 Å². The lowest BCUT2D eigenvalue weighted by atomic mass is 9.95. The van der Waals surface area contributed by atoms with Gasteiger partial charge in [-0.05, 0) is 50.3 Å². The van der Waals surface area contributed by atoms with E-state index in [-0.39, 0.29) is 18.9 Å². The minimum Gasteiger partial charge on any atom is -0.459 e. The van der Waals surface area contributed by atoms with Crippen molar-refractivity contribution in [2.75, 3.05) is 6.79 Å². The number of hydrogen-bond acceptors (Lipinski definition) is 5. The fourth-order valence-corrected chi connectivity index (χ4v) is 4.48. The van der Waals surface area contributed by atoms with Crippen LogP contribution in [0.3, 0.4) is 0 Å². The van der Waals surface area contributed by atoms with E-state index in [1.54, 1.807) is 19.1 Å². The van der Waals surface area contributed by atoms with Gasteiger partial charge in [0.15, 0.2) is 11.5 Å². The molecule has 0 radical (unpaired) electrons. The molecule has 2 heterocycles. The molecule has 0 saturated heterocycles. The highest BCUT2D eigenvalue weighted by Crippen LogP contribution is 2.41. The summed E-state index contributed by atoms with van der Waals surface area (Å²) < 4.78 is 17.4. The molecule has 4 rings (SSSR count). The van der Waals surface area contributed by atoms with Gasteiger partial charge in [0, 0.05) is 10.2 Å². The minimum absolute atomic E-state index is 0.0752. The summed E-state index contributed by atoms with van der Waals surface area (Å²) in [6.07, 6.45) is 6.20. The summed E-state index contributed by atoms with van der Waals surface area (Å²) in [4.78, 5) is 25.2. The Kier molecular flexibility index (Phi) is 5.48. The third-order valence-electron chi connectivity index (χ3n) is 5.37. The monoisotopic (exact) mass is 450 g/mol. The van der Waals surface area contributed by atoms with Crippen molar-refractivity contribution in [3.63, 3.8) is 0 Å². The van der Waals surface area contributed by atoms with Crippen LogP contribution in [0.4, 0.5) is 4.79 Å². The molecule has 0 unspecified atom stereocenters. The van der Waals surface area contributed by atoms with Gasteiger partial charge in [-0.1, -0.05) is 28.8 Å². The number of carbonyl (C=O) groups excluding carboxylic acids is 2. The van der Waals surface area contributed by atoms with Crippen molar-refractivity contribution in [2.45, 2.75) is 57.6 Å². The summed E-state index contributed by atoms with van der Waals surface area (Å²) >= 11 is 3.53. The first kappa shape index (κ1) is 19.1. The van der Waals surface area contributed by atoms with E-state index in [2.05, 4.69) is 26.6 Å². The highest BCUT2D eigenvalue weighted by molar-refractivity contribution is 9.10. The van der Waals surface area contributed by atoms with Gasteiger partial charge in [0.05, 0.1) is 11.6 Å². The fraction of sp³-hybridized carbons (Fsp3) is 0.500. The molecule has 0 bridgehead atoms. The maximum Gasteiger partial charge on any atom is 0.338 e. The van der Waals surface area contributed by atoms with Crippen molar-refractivity contribution in [1.82, 2.24) is 10.6 Å². The van der Waals surface area contributed by atoms with E-state index in [4.69, 9.17) is 14.2 Å². The largest absolute Gasteiger partial charge is 0.459 e. The molecule has 3 aliphatic rings. The van der Waals surface area contributed by atoms with Crippen molar-refractivity contribution in [3.05, 3.63) is 33.4 Å². The lowest BCUT2D eigenvalue weighted by Gasteiger charge is -2.30. The van der Waals surface area contributed by atoms with Crippen LogP contribution in [0.15, 0.2) is 27.9 Å². The standard InChI is InChI=1S/C20H23BrN2O5/c1-11-17(19(24)28-12-6-4-2-3-5-7-12)18(23-20(25)22-11)13-8-15-16(9-14(13)21)27-10-26-15/h8-9,12,18H,2-7,10H2,1H3,(H2,22,23,25)/t18-/m0/s1. The summed E-state index contributed by atoms with van der Waals surface area (Å²) in [7, 11) is 0. The van der Waals surface area contributed by atoms with Crippen LogP contribution in [-0.4, -0.2) is 24.9 Å². The van der Waals surface area contributed by atoms with Gasteiger partial charge in [-0.2, -0.15) is 0 Å². The number of carbonyl (C=O) groups is 2. The van der Waals surface area contributed by atoms with Crippen LogP contribution < -0.4 is 20.1 Å². The predicted molar refractivity (Wildman–Crippen MR) is 105 cm³/mol. The van der Waals surface area contributed by atoms with Crippen LogP contribution >= 0.6 is 15.9 Å². The van der Waals surface area contributed by atoms with E-state index in [1.807, 2.05) is 0 Å². The number of urea groups is 1. The minimum atomic E-state index is -0.643. The van der Waals surface area contributed by atoms with E-state index in [1.165, 1.54) is 12.8 Å². The predicted octanol–water partition coefficient (Wildman–Crippen LogP) is 4.07. The lowest BCUT2D eigenvalue weighted by molar-refractivity contribution is -0.145. The Morgan fingerprint density at radius 1 is 1.14 bits per heavy atom. The molecule has 0 spiro atoms. The zero-order valence-electron chi connectivity index (χ0n) is 15.7. The summed E-state index contributed by atoms with van der Waals surface area (Å²) in [6, 6.07) is 2.57. The van der Waals surface area contributed by atoms with Crippen molar-refractivity contribution in [1.29, 1.82) is 0 Å². The van der Waals surface area contributed by atoms with E-state index >= 15 is 0 Å². The van der Waals surface area contributed by atoms with E-state index in [9.17, 15) is 9.59 Å². The average Bonchev–Trinajstić information content (AvgIpc) is 2.94. The summed E-state index contributed by atoms with van der Waals surface area (Å²) in [6.45, 7) is 1.87. The SMILES string of the molecule is CC1=C(C(=O)OC2CCCCCC2)[C@H](c2cc3c(cc2Br)OCO3)NC(=O)N1. The molecule has 28 heavy (non-hydrogen) atoms. The molecule has 0 aromatic heterocycles. The number of halogens is 1. The molecular weight excluding hydrogens is 428 g/mol. The molecule has 1 aromatic carbocycles. The zero-order chi connectivity index (χ0) is 19.7. The van der Waals surface area contributed by atoms with Crippen molar-refractivity contribution in [2.24, 2.45) is 0 Å². The van der Waals surface area contributed by atoms with Gasteiger partial charge in [0.1, 0.15) is 6.10 Å². The quantitative estimate of drug-likeness (QED) is 0.535. The fourth-order valence-electron chi connectivity index (χ4n) is 3.93. The third kappa shape index (κ3) is 3.83. The molecule has 1 atom stereocenters. The maximum absolute atomic E-state index is 13.1. The Labute approximate surface area is 171 Å². The summed E-state index contributed by atoms with van der Waals surface area (Å²) in [5, 5.41) is 5.53. The first-order valence-corrected chi connectivity index (χ1v) is 10.4. The molecule has 2 amide bonds. The Balaban J connectivity index is 1.64. The van der Waals surface area contributed by atoms with E-state index in [0.717, 1.165) is 30.2 Å². The van der Waals surface area contributed by atoms with Crippen molar-refractivity contribution in [3.8, 4) is 11.5 Å². The molecule has 150 valence electrons. The van der Waals surface area contributed by atoms with Crippen molar-refractivity contribution >= 4 is 27.9 Å². The number of fused-ring (bicyclic) bond motifs is 1. The maximum atomic E-state index is 13.1. The molecule has 7 nitrogen and oxygen atoms in total. The third-order valence-corrected chi connectivity index (χ3v) is 6.05. The molecule has 1 aliphatic carbocycles. The first-order valence-electron chi connectivity index (χ1n) is 9.61. The number of rotatable bonds is 3. The molecule has 1 aromatic rings. The second-order valence-corrected chi connectivity index (χ2v) is 8.17. The Bertz CT molecular complexity index is 830. The highest BCUT2D eigenvalue weighted by Gasteiger charge is 2.35. The van der Waals surface area contributed by atoms with Gasteiger partial charge < -0.3 is 24.8 Å². The number of esters is 1. The normalized spacial score (nSPS) is 22.4. The van der Waals surface area contributed by atoms with Gasteiger partial charge in [0.25, 0.3) is 0 Å². The van der Waals surface area contributed by atoms with Crippen LogP contribution in [0.5, 0.6) is 11.5 Å². The zero-order valence-corrected chi connectivity index (χ0v) is 17.3. The number of ether oxygens (including phenoxy) is 3. The first-order chi connectivity index (χ1) is 13.5. The second-order valence-electron chi connectivity index (χ2n) is 7.32. The summed E-state index contributed by atoms with van der Waals surface area (Å²) in [5.41, 5.74) is 1.62. The number of amides is 2. The smallest absolute Gasteiger partial charge is 0.338 e. The summed E-state index contributed by atoms with van der Waals surface area (Å²) in [5.74, 6) is 0.811. The molecular formula is C20H23BrN2O5. The van der Waals surface area contributed by atoms with E-state index < -0.39 is 12.0 Å². The molecule has 1 saturated carbocycles. The Morgan fingerprint density at radius 2 is 1.82 bits per heavy atom. The van der Waals surface area contributed by atoms with Gasteiger partial charge in [0.2, 0.25) is 6.79 Å². The van der Waals surface area contributed by atoms with Gasteiger partial charge in [-0.25, -0.2) is 9.59 Å². The molecule has 8 heteroatoms. The second kappa shape index (κ2) is 8.03. The molecule has 2 N–H and O–H groups in total. The number of hydrogen-bond donors (Lipinski definition) is 2. The Hall–Kier alpha value is -2.22. The number of allylic oxidation sites excluding steroid dienone is 1. The van der Waals surface area contributed by atoms with Crippen LogP contribution in [-0.2, 0) is 9.53 Å². The molecule has 2 aliphatic heterocycles. The van der Waals surface area contributed by atoms with Crippen LogP contribution in [0.1, 0.15) is 57.1 Å². The average molecular weight is 451 g/mol. The highest BCUT2D eigenvalue weighted by atomic mass is 79.9. The number of nitrogens with one attached hydrogen (secondary N) is 2. The Morgan fingerprint density at radius 3 is 2.54 bits per heavy atom. The van der Waals surface area contributed by atoms with Gasteiger partial charge in [-0.3, -0.25) is 0 Å². The van der Waals surface area contributed by atoms with Crippen LogP contribution in [0.2, 0.25) is 0 Å². The van der Waals surface area contributed by atoms with Gasteiger partial charge >= 0.3 is 12.0 Å². The van der Waals surface area contributed by atoms with Gasteiger partial charge in [-0.15, -0.1) is 0 Å². The lowest BCUT2D eigenvalue weighted by Crippen LogP contribution is -2.45. The topological polar surface area (TPSA) is 85.9 Å². The van der Waals surface area contributed by atoms with Crippen molar-refractivity contribution < 1.29 is 23.8 Å². The van der Waals surface area contributed by atoms with E-state index in [0.29, 0.717) is 28.3 Å². The van der Waals surface area contributed by atoms with Crippen LogP contribution in [0.25, 0.3) is 0 Å². The number of benzene rings is 1. The molecule has 1 fully saturated rings.